The number of hydrogen-bond acceptors (Lipinski definition) is 3. The fourth-order valence-corrected chi connectivity index (χ4v) is 2.59. The fraction of sp³-hybridized carbons (Fsp3) is 0.105. The highest BCUT2D eigenvalue weighted by Crippen LogP contribution is 2.22. The van der Waals surface area contributed by atoms with Crippen molar-refractivity contribution in [3.05, 3.63) is 72.1 Å². The normalized spacial score (nSPS) is 10.4. The van der Waals surface area contributed by atoms with Crippen LogP contribution in [0, 0.1) is 0 Å². The van der Waals surface area contributed by atoms with E-state index < -0.39 is 5.97 Å². The van der Waals surface area contributed by atoms with E-state index in [0.717, 1.165) is 17.0 Å². The molecule has 0 spiro atoms. The van der Waals surface area contributed by atoms with Gasteiger partial charge in [0.05, 0.1) is 5.56 Å². The molecular formula is C19H17N3O3. The van der Waals surface area contributed by atoms with Gasteiger partial charge in [0.1, 0.15) is 5.82 Å². The van der Waals surface area contributed by atoms with Crippen molar-refractivity contribution in [1.29, 1.82) is 0 Å². The molecule has 0 aliphatic carbocycles. The molecule has 0 bridgehead atoms. The number of nitrogens with one attached hydrogen (secondary N) is 1. The highest BCUT2D eigenvalue weighted by molar-refractivity contribution is 5.89. The van der Waals surface area contributed by atoms with Crippen LogP contribution in [0.5, 0.6) is 0 Å². The van der Waals surface area contributed by atoms with Crippen LogP contribution in [-0.2, 0) is 11.3 Å². The third-order valence-corrected chi connectivity index (χ3v) is 3.71. The summed E-state index contributed by atoms with van der Waals surface area (Å²) in [5, 5.41) is 11.7. The first kappa shape index (κ1) is 16.4. The average Bonchev–Trinajstić information content (AvgIpc) is 3.03. The van der Waals surface area contributed by atoms with E-state index in [1.807, 2.05) is 35.0 Å². The second kappa shape index (κ2) is 7.00. The summed E-state index contributed by atoms with van der Waals surface area (Å²) in [6.45, 7) is 2.04. The molecule has 0 saturated carbocycles. The summed E-state index contributed by atoms with van der Waals surface area (Å²) in [7, 11) is 0. The Morgan fingerprint density at radius 1 is 1.16 bits per heavy atom. The van der Waals surface area contributed by atoms with Gasteiger partial charge in [0, 0.05) is 37.1 Å². The second-order valence-corrected chi connectivity index (χ2v) is 5.64. The van der Waals surface area contributed by atoms with Gasteiger partial charge < -0.3 is 15.0 Å². The maximum absolute atomic E-state index is 11.2. The Kier molecular flexibility index (Phi) is 4.61. The third-order valence-electron chi connectivity index (χ3n) is 3.71. The summed E-state index contributed by atoms with van der Waals surface area (Å²) in [6.07, 6.45) is 3.58. The number of anilines is 1. The van der Waals surface area contributed by atoms with Gasteiger partial charge >= 0.3 is 5.97 Å². The first-order chi connectivity index (χ1) is 12.0. The van der Waals surface area contributed by atoms with Crippen molar-refractivity contribution in [3.8, 4) is 11.4 Å². The van der Waals surface area contributed by atoms with Crippen LogP contribution in [0.25, 0.3) is 11.4 Å². The molecule has 0 radical (unpaired) electrons. The first-order valence-corrected chi connectivity index (χ1v) is 7.74. The van der Waals surface area contributed by atoms with Gasteiger partial charge in [-0.05, 0) is 29.8 Å². The number of imidazole rings is 1. The van der Waals surface area contributed by atoms with Crippen molar-refractivity contribution >= 4 is 17.6 Å². The van der Waals surface area contributed by atoms with Gasteiger partial charge in [0.2, 0.25) is 5.91 Å². The van der Waals surface area contributed by atoms with Crippen LogP contribution in [0.3, 0.4) is 0 Å². The molecule has 2 aromatic carbocycles. The molecule has 3 aromatic rings. The van der Waals surface area contributed by atoms with Gasteiger partial charge in [-0.2, -0.15) is 0 Å². The van der Waals surface area contributed by atoms with Crippen LogP contribution in [0.4, 0.5) is 5.69 Å². The van der Waals surface area contributed by atoms with Crippen LogP contribution in [-0.4, -0.2) is 26.5 Å². The molecule has 0 atom stereocenters. The number of hydrogen-bond donors (Lipinski definition) is 2. The lowest BCUT2D eigenvalue weighted by Gasteiger charge is -2.10. The number of aromatic nitrogens is 2. The van der Waals surface area contributed by atoms with Crippen LogP contribution in [0.15, 0.2) is 60.9 Å². The Balaban J connectivity index is 1.85. The molecule has 0 fully saturated rings. The lowest BCUT2D eigenvalue weighted by Crippen LogP contribution is -2.06. The van der Waals surface area contributed by atoms with E-state index >= 15 is 0 Å². The SMILES string of the molecule is CC(=O)Nc1cccc(-c2nccn2Cc2ccc(C(=O)O)cc2)c1. The van der Waals surface area contributed by atoms with E-state index in [1.54, 1.807) is 30.5 Å². The minimum atomic E-state index is -0.940. The summed E-state index contributed by atoms with van der Waals surface area (Å²) in [6, 6.07) is 14.2. The number of nitrogens with zero attached hydrogens (tertiary/aromatic N) is 2. The molecule has 1 aromatic heterocycles. The van der Waals surface area contributed by atoms with Crippen molar-refractivity contribution in [1.82, 2.24) is 9.55 Å². The summed E-state index contributed by atoms with van der Waals surface area (Å²) >= 11 is 0. The highest BCUT2D eigenvalue weighted by Gasteiger charge is 2.09. The molecule has 126 valence electrons. The van der Waals surface area contributed by atoms with Crippen LogP contribution in [0.2, 0.25) is 0 Å². The van der Waals surface area contributed by atoms with E-state index in [4.69, 9.17) is 5.11 Å². The van der Waals surface area contributed by atoms with Gasteiger partial charge in [-0.3, -0.25) is 4.79 Å². The zero-order valence-corrected chi connectivity index (χ0v) is 13.6. The predicted octanol–water partition coefficient (Wildman–Crippen LogP) is 3.26. The number of benzene rings is 2. The average molecular weight is 335 g/mol. The van der Waals surface area contributed by atoms with E-state index in [9.17, 15) is 9.59 Å². The van der Waals surface area contributed by atoms with E-state index in [0.29, 0.717) is 12.2 Å². The zero-order valence-electron chi connectivity index (χ0n) is 13.6. The molecule has 0 unspecified atom stereocenters. The molecule has 6 heteroatoms. The number of carboxylic acids is 1. The summed E-state index contributed by atoms with van der Waals surface area (Å²) < 4.78 is 1.97. The van der Waals surface area contributed by atoms with Gasteiger partial charge in [0.25, 0.3) is 0 Å². The van der Waals surface area contributed by atoms with Gasteiger partial charge in [-0.25, -0.2) is 9.78 Å². The van der Waals surface area contributed by atoms with Gasteiger partial charge in [-0.1, -0.05) is 24.3 Å². The monoisotopic (exact) mass is 335 g/mol. The van der Waals surface area contributed by atoms with Crippen LogP contribution >= 0.6 is 0 Å². The number of aromatic carboxylic acids is 1. The maximum atomic E-state index is 11.2. The number of carbonyl (C=O) groups is 2. The molecule has 0 saturated heterocycles. The van der Waals surface area contributed by atoms with Crippen molar-refractivity contribution in [3.63, 3.8) is 0 Å². The summed E-state index contributed by atoms with van der Waals surface area (Å²) in [5.41, 5.74) is 2.84. The van der Waals surface area contributed by atoms with Crippen LogP contribution in [0.1, 0.15) is 22.8 Å². The lowest BCUT2D eigenvalue weighted by atomic mass is 10.1. The van der Waals surface area contributed by atoms with E-state index in [-0.39, 0.29) is 11.5 Å². The predicted molar refractivity (Wildman–Crippen MR) is 94.5 cm³/mol. The third kappa shape index (κ3) is 3.92. The topological polar surface area (TPSA) is 84.2 Å². The molecule has 0 aliphatic rings. The first-order valence-electron chi connectivity index (χ1n) is 7.74. The zero-order chi connectivity index (χ0) is 17.8. The largest absolute Gasteiger partial charge is 0.478 e. The molecular weight excluding hydrogens is 318 g/mol. The summed E-state index contributed by atoms with van der Waals surface area (Å²) in [5.74, 6) is -0.293. The number of carboxylic acid groups (broad SMARTS) is 1. The highest BCUT2D eigenvalue weighted by atomic mass is 16.4. The molecule has 2 N–H and O–H groups in total. The minimum Gasteiger partial charge on any atom is -0.478 e. The Bertz CT molecular complexity index is 914. The van der Waals surface area contributed by atoms with Crippen molar-refractivity contribution in [2.45, 2.75) is 13.5 Å². The number of rotatable bonds is 5. The van der Waals surface area contributed by atoms with Crippen LogP contribution < -0.4 is 5.32 Å². The maximum Gasteiger partial charge on any atom is 0.335 e. The van der Waals surface area contributed by atoms with Crippen molar-refractivity contribution < 1.29 is 14.7 Å². The molecule has 6 nitrogen and oxygen atoms in total. The number of amides is 1. The Labute approximate surface area is 144 Å². The van der Waals surface area contributed by atoms with Crippen molar-refractivity contribution in [2.75, 3.05) is 5.32 Å². The fourth-order valence-electron chi connectivity index (χ4n) is 2.59. The van der Waals surface area contributed by atoms with Gasteiger partial charge in [-0.15, -0.1) is 0 Å². The Hall–Kier alpha value is -3.41. The number of carbonyl (C=O) groups excluding carboxylic acids is 1. The minimum absolute atomic E-state index is 0.126. The Morgan fingerprint density at radius 3 is 2.60 bits per heavy atom. The van der Waals surface area contributed by atoms with E-state index in [2.05, 4.69) is 10.3 Å². The molecule has 0 aliphatic heterocycles. The lowest BCUT2D eigenvalue weighted by molar-refractivity contribution is -0.114. The standard InChI is InChI=1S/C19H17N3O3/c1-13(23)21-17-4-2-3-16(11-17)18-20-9-10-22(18)12-14-5-7-15(8-6-14)19(24)25/h2-11H,12H2,1H3,(H,21,23)(H,24,25). The van der Waals surface area contributed by atoms with E-state index in [1.165, 1.54) is 6.92 Å². The molecule has 25 heavy (non-hydrogen) atoms. The molecule has 1 heterocycles. The quantitative estimate of drug-likeness (QED) is 0.749. The van der Waals surface area contributed by atoms with Crippen molar-refractivity contribution in [2.24, 2.45) is 0 Å². The molecule has 3 rings (SSSR count). The summed E-state index contributed by atoms with van der Waals surface area (Å²) in [4.78, 5) is 26.6. The molecule has 1 amide bonds. The smallest absolute Gasteiger partial charge is 0.335 e. The second-order valence-electron chi connectivity index (χ2n) is 5.64. The Morgan fingerprint density at radius 2 is 1.92 bits per heavy atom. The van der Waals surface area contributed by atoms with Gasteiger partial charge in [0.15, 0.2) is 0 Å².